The van der Waals surface area contributed by atoms with E-state index in [0.29, 0.717) is 18.1 Å². The van der Waals surface area contributed by atoms with Crippen LogP contribution in [0.5, 0.6) is 0 Å². The molecule has 2 rings (SSSR count). The summed E-state index contributed by atoms with van der Waals surface area (Å²) in [6.07, 6.45) is 5.16. The molecule has 1 aromatic heterocycles. The van der Waals surface area contributed by atoms with Crippen molar-refractivity contribution in [2.75, 3.05) is 0 Å². The van der Waals surface area contributed by atoms with Gasteiger partial charge in [-0.3, -0.25) is 4.79 Å². The number of hydrogen-bond acceptors (Lipinski definition) is 3. The lowest BCUT2D eigenvalue weighted by molar-refractivity contribution is 0.0694. The Labute approximate surface area is 118 Å². The van der Waals surface area contributed by atoms with E-state index in [1.54, 1.807) is 6.92 Å². The predicted octanol–water partition coefficient (Wildman–Crippen LogP) is 2.85. The minimum atomic E-state index is -1.06. The zero-order chi connectivity index (χ0) is 14.7. The number of carbonyl (C=O) groups is 2. The molecule has 5 nitrogen and oxygen atoms in total. The van der Waals surface area contributed by atoms with Gasteiger partial charge in [0.1, 0.15) is 11.3 Å². The summed E-state index contributed by atoms with van der Waals surface area (Å²) < 4.78 is 5.36. The van der Waals surface area contributed by atoms with E-state index in [-0.39, 0.29) is 23.3 Å². The third-order valence-electron chi connectivity index (χ3n) is 4.05. The molecule has 0 aromatic carbocycles. The summed E-state index contributed by atoms with van der Waals surface area (Å²) in [6, 6.07) is 1.41. The molecule has 1 aliphatic rings. The fraction of sp³-hybridized carbons (Fsp3) is 0.600. The van der Waals surface area contributed by atoms with Gasteiger partial charge in [0.2, 0.25) is 0 Å². The molecule has 0 aliphatic heterocycles. The lowest BCUT2D eigenvalue weighted by Gasteiger charge is -2.19. The van der Waals surface area contributed by atoms with E-state index in [4.69, 9.17) is 9.52 Å². The second-order valence-electron chi connectivity index (χ2n) is 5.41. The average molecular weight is 279 g/mol. The molecular formula is C15H21NO4. The van der Waals surface area contributed by atoms with Crippen molar-refractivity contribution in [1.29, 1.82) is 0 Å². The number of aromatic carboxylic acids is 1. The van der Waals surface area contributed by atoms with Crippen molar-refractivity contribution < 1.29 is 19.1 Å². The maximum atomic E-state index is 12.1. The van der Waals surface area contributed by atoms with Crippen molar-refractivity contribution in [1.82, 2.24) is 5.32 Å². The fourth-order valence-corrected chi connectivity index (χ4v) is 2.84. The van der Waals surface area contributed by atoms with Crippen LogP contribution in [0.4, 0.5) is 0 Å². The van der Waals surface area contributed by atoms with Gasteiger partial charge in [-0.25, -0.2) is 4.79 Å². The van der Waals surface area contributed by atoms with Crippen LogP contribution in [-0.4, -0.2) is 23.0 Å². The Bertz CT molecular complexity index is 500. The quantitative estimate of drug-likeness (QED) is 0.868. The minimum Gasteiger partial charge on any atom is -0.478 e. The van der Waals surface area contributed by atoms with Crippen molar-refractivity contribution in [3.8, 4) is 0 Å². The van der Waals surface area contributed by atoms with E-state index in [9.17, 15) is 9.59 Å². The number of aryl methyl sites for hydroxylation is 1. The van der Waals surface area contributed by atoms with Crippen molar-refractivity contribution in [2.45, 2.75) is 52.0 Å². The standard InChI is InChI=1S/C15H21NO4/c1-3-12-11(15(18)19)8-13(20-12)14(17)16-9(2)10-6-4-5-7-10/h8-10H,3-7H2,1-2H3,(H,16,17)(H,18,19). The highest BCUT2D eigenvalue weighted by atomic mass is 16.4. The van der Waals surface area contributed by atoms with Gasteiger partial charge in [-0.1, -0.05) is 19.8 Å². The van der Waals surface area contributed by atoms with Crippen LogP contribution in [0.1, 0.15) is 66.2 Å². The first-order valence-electron chi connectivity index (χ1n) is 7.19. The summed E-state index contributed by atoms with van der Waals surface area (Å²) in [7, 11) is 0. The Morgan fingerprint density at radius 3 is 2.60 bits per heavy atom. The second-order valence-corrected chi connectivity index (χ2v) is 5.41. The number of amides is 1. The molecule has 0 spiro atoms. The second kappa shape index (κ2) is 6.11. The number of carboxylic acids is 1. The lowest BCUT2D eigenvalue weighted by atomic mass is 10.00. The van der Waals surface area contributed by atoms with Crippen molar-refractivity contribution in [2.24, 2.45) is 5.92 Å². The molecule has 20 heavy (non-hydrogen) atoms. The van der Waals surface area contributed by atoms with Gasteiger partial charge in [0.15, 0.2) is 5.76 Å². The lowest BCUT2D eigenvalue weighted by Crippen LogP contribution is -2.37. The topological polar surface area (TPSA) is 79.5 Å². The normalized spacial score (nSPS) is 17.1. The average Bonchev–Trinajstić information content (AvgIpc) is 3.07. The highest BCUT2D eigenvalue weighted by Gasteiger charge is 2.25. The molecule has 1 aromatic rings. The molecule has 0 bridgehead atoms. The van der Waals surface area contributed by atoms with Gasteiger partial charge in [-0.15, -0.1) is 0 Å². The monoisotopic (exact) mass is 279 g/mol. The van der Waals surface area contributed by atoms with E-state index < -0.39 is 5.97 Å². The molecule has 1 unspecified atom stereocenters. The summed E-state index contributed by atoms with van der Waals surface area (Å²) >= 11 is 0. The Balaban J connectivity index is 2.06. The molecule has 5 heteroatoms. The van der Waals surface area contributed by atoms with Crippen LogP contribution in [-0.2, 0) is 6.42 Å². The third-order valence-corrected chi connectivity index (χ3v) is 4.05. The van der Waals surface area contributed by atoms with Crippen LogP contribution < -0.4 is 5.32 Å². The van der Waals surface area contributed by atoms with Gasteiger partial charge in [0.05, 0.1) is 0 Å². The van der Waals surface area contributed by atoms with Gasteiger partial charge in [0, 0.05) is 18.5 Å². The zero-order valence-corrected chi connectivity index (χ0v) is 11.9. The third kappa shape index (κ3) is 3.03. The van der Waals surface area contributed by atoms with E-state index in [1.807, 2.05) is 6.92 Å². The zero-order valence-electron chi connectivity index (χ0n) is 11.9. The molecule has 110 valence electrons. The first-order valence-corrected chi connectivity index (χ1v) is 7.19. The van der Waals surface area contributed by atoms with Crippen molar-refractivity contribution in [3.05, 3.63) is 23.2 Å². The van der Waals surface area contributed by atoms with Gasteiger partial charge in [0.25, 0.3) is 5.91 Å². The number of carboxylic acid groups (broad SMARTS) is 1. The molecule has 0 radical (unpaired) electrons. The first-order chi connectivity index (χ1) is 9.52. The largest absolute Gasteiger partial charge is 0.478 e. The molecule has 1 atom stereocenters. The Kier molecular flexibility index (Phi) is 4.47. The molecular weight excluding hydrogens is 258 g/mol. The van der Waals surface area contributed by atoms with Crippen LogP contribution in [0.2, 0.25) is 0 Å². The SMILES string of the molecule is CCc1oc(C(=O)NC(C)C2CCCC2)cc1C(=O)O. The smallest absolute Gasteiger partial charge is 0.339 e. The molecule has 1 fully saturated rings. The first kappa shape index (κ1) is 14.6. The Hall–Kier alpha value is -1.78. The van der Waals surface area contributed by atoms with Crippen LogP contribution in [0.15, 0.2) is 10.5 Å². The van der Waals surface area contributed by atoms with E-state index >= 15 is 0 Å². The highest BCUT2D eigenvalue weighted by molar-refractivity contribution is 5.96. The van der Waals surface area contributed by atoms with E-state index in [0.717, 1.165) is 12.8 Å². The number of carbonyl (C=O) groups excluding carboxylic acids is 1. The fourth-order valence-electron chi connectivity index (χ4n) is 2.84. The Morgan fingerprint density at radius 1 is 1.45 bits per heavy atom. The van der Waals surface area contributed by atoms with Crippen molar-refractivity contribution >= 4 is 11.9 Å². The van der Waals surface area contributed by atoms with Crippen LogP contribution >= 0.6 is 0 Å². The van der Waals surface area contributed by atoms with Gasteiger partial charge >= 0.3 is 5.97 Å². The molecule has 1 saturated carbocycles. The van der Waals surface area contributed by atoms with E-state index in [2.05, 4.69) is 5.32 Å². The summed E-state index contributed by atoms with van der Waals surface area (Å²) in [5.41, 5.74) is 0.0752. The summed E-state index contributed by atoms with van der Waals surface area (Å²) in [4.78, 5) is 23.2. The Morgan fingerprint density at radius 2 is 2.10 bits per heavy atom. The highest BCUT2D eigenvalue weighted by Crippen LogP contribution is 2.27. The van der Waals surface area contributed by atoms with Crippen LogP contribution in [0, 0.1) is 5.92 Å². The van der Waals surface area contributed by atoms with Gasteiger partial charge < -0.3 is 14.8 Å². The van der Waals surface area contributed by atoms with E-state index in [1.165, 1.54) is 18.9 Å². The van der Waals surface area contributed by atoms with Crippen LogP contribution in [0.25, 0.3) is 0 Å². The summed E-state index contributed by atoms with van der Waals surface area (Å²) in [5, 5.41) is 12.0. The molecule has 1 amide bonds. The molecule has 2 N–H and O–H groups in total. The summed E-state index contributed by atoms with van der Waals surface area (Å²) in [6.45, 7) is 3.80. The number of hydrogen-bond donors (Lipinski definition) is 2. The predicted molar refractivity (Wildman–Crippen MR) is 73.9 cm³/mol. The van der Waals surface area contributed by atoms with Crippen molar-refractivity contribution in [3.63, 3.8) is 0 Å². The maximum Gasteiger partial charge on any atom is 0.339 e. The maximum absolute atomic E-state index is 12.1. The van der Waals surface area contributed by atoms with Gasteiger partial charge in [-0.2, -0.15) is 0 Å². The van der Waals surface area contributed by atoms with Gasteiger partial charge in [-0.05, 0) is 25.7 Å². The van der Waals surface area contributed by atoms with Crippen LogP contribution in [0.3, 0.4) is 0 Å². The minimum absolute atomic E-state index is 0.0752. The molecule has 1 aliphatic carbocycles. The number of furan rings is 1. The number of rotatable bonds is 5. The molecule has 0 saturated heterocycles. The number of nitrogens with one attached hydrogen (secondary N) is 1. The molecule has 1 heterocycles. The summed E-state index contributed by atoms with van der Waals surface area (Å²) in [5.74, 6) is -0.446.